The van der Waals surface area contributed by atoms with Crippen molar-refractivity contribution in [3.05, 3.63) is 53.6 Å². The first-order valence-electron chi connectivity index (χ1n) is 7.33. The molecule has 2 rings (SSSR count). The molecule has 2 aromatic rings. The molecular formula is C18H17N3O4. The highest BCUT2D eigenvalue weighted by Gasteiger charge is 2.09. The number of amides is 1. The van der Waals surface area contributed by atoms with Crippen molar-refractivity contribution in [3.8, 4) is 23.3 Å². The van der Waals surface area contributed by atoms with Crippen LogP contribution >= 0.6 is 0 Å². The van der Waals surface area contributed by atoms with Gasteiger partial charge in [-0.2, -0.15) is 10.4 Å². The molecule has 0 spiro atoms. The Bertz CT molecular complexity index is 790. The number of ether oxygens (including phenoxy) is 3. The second-order valence-corrected chi connectivity index (χ2v) is 4.79. The molecule has 0 radical (unpaired) electrons. The fraction of sp³-hybridized carbons (Fsp3) is 0.167. The molecule has 1 amide bonds. The molecule has 1 N–H and O–H groups in total. The van der Waals surface area contributed by atoms with Gasteiger partial charge in [0.1, 0.15) is 23.3 Å². The molecule has 25 heavy (non-hydrogen) atoms. The second kappa shape index (κ2) is 8.93. The number of hydrogen-bond donors (Lipinski definition) is 1. The minimum absolute atomic E-state index is 0.0686. The van der Waals surface area contributed by atoms with Crippen molar-refractivity contribution >= 4 is 12.1 Å². The fourth-order valence-electron chi connectivity index (χ4n) is 1.99. The molecule has 7 nitrogen and oxygen atoms in total. The summed E-state index contributed by atoms with van der Waals surface area (Å²) in [5, 5.41) is 12.5. The number of carbonyl (C=O) groups excluding carboxylic acids is 1. The van der Waals surface area contributed by atoms with Crippen molar-refractivity contribution in [2.45, 2.75) is 0 Å². The molecule has 0 aliphatic heterocycles. The normalized spacial score (nSPS) is 10.1. The van der Waals surface area contributed by atoms with Gasteiger partial charge in [-0.3, -0.25) is 4.79 Å². The van der Waals surface area contributed by atoms with Gasteiger partial charge >= 0.3 is 0 Å². The van der Waals surface area contributed by atoms with Gasteiger partial charge in [0.2, 0.25) is 0 Å². The first-order valence-corrected chi connectivity index (χ1v) is 7.33. The van der Waals surface area contributed by atoms with Gasteiger partial charge < -0.3 is 14.2 Å². The molecule has 0 atom stereocenters. The predicted octanol–water partition coefficient (Wildman–Crippen LogP) is 2.37. The Morgan fingerprint density at radius 3 is 2.52 bits per heavy atom. The summed E-state index contributed by atoms with van der Waals surface area (Å²) in [5.74, 6) is 1.10. The van der Waals surface area contributed by atoms with Crippen molar-refractivity contribution in [2.24, 2.45) is 5.10 Å². The zero-order valence-electron chi connectivity index (χ0n) is 13.9. The molecule has 128 valence electrons. The molecule has 7 heteroatoms. The molecule has 0 heterocycles. The van der Waals surface area contributed by atoms with E-state index in [1.54, 1.807) is 42.5 Å². The first-order chi connectivity index (χ1) is 12.2. The maximum Gasteiger partial charge on any atom is 0.271 e. The number of rotatable bonds is 7. The van der Waals surface area contributed by atoms with Crippen molar-refractivity contribution in [1.29, 1.82) is 5.26 Å². The molecule has 2 aromatic carbocycles. The number of nitrogens with zero attached hydrogens (tertiary/aromatic N) is 2. The monoisotopic (exact) mass is 339 g/mol. The quantitative estimate of drug-likeness (QED) is 0.617. The number of hydrazone groups is 1. The van der Waals surface area contributed by atoms with Gasteiger partial charge in [-0.25, -0.2) is 5.43 Å². The molecule has 0 aliphatic carbocycles. The summed E-state index contributed by atoms with van der Waals surface area (Å²) in [6.07, 6.45) is 1.45. The second-order valence-electron chi connectivity index (χ2n) is 4.79. The zero-order valence-corrected chi connectivity index (χ0v) is 13.9. The Labute approximate surface area is 145 Å². The topological polar surface area (TPSA) is 92.9 Å². The lowest BCUT2D eigenvalue weighted by molar-refractivity contribution is 0.0954. The molecule has 0 aliphatic rings. The van der Waals surface area contributed by atoms with Crippen LogP contribution in [-0.2, 0) is 0 Å². The summed E-state index contributed by atoms with van der Waals surface area (Å²) >= 11 is 0. The maximum absolute atomic E-state index is 12.2. The van der Waals surface area contributed by atoms with Crippen molar-refractivity contribution in [3.63, 3.8) is 0 Å². The van der Waals surface area contributed by atoms with Gasteiger partial charge in [-0.05, 0) is 24.3 Å². The number of methoxy groups -OCH3 is 2. The largest absolute Gasteiger partial charge is 0.497 e. The molecule has 0 saturated carbocycles. The van der Waals surface area contributed by atoms with Gasteiger partial charge in [0.15, 0.2) is 6.61 Å². The number of hydrogen-bond acceptors (Lipinski definition) is 6. The Morgan fingerprint density at radius 2 is 1.88 bits per heavy atom. The van der Waals surface area contributed by atoms with E-state index in [1.165, 1.54) is 20.4 Å². The summed E-state index contributed by atoms with van der Waals surface area (Å²) in [6.45, 7) is -0.0686. The highest BCUT2D eigenvalue weighted by Crippen LogP contribution is 2.22. The molecule has 0 fully saturated rings. The van der Waals surface area contributed by atoms with Crippen molar-refractivity contribution < 1.29 is 19.0 Å². The van der Waals surface area contributed by atoms with Crippen LogP contribution in [0.5, 0.6) is 17.2 Å². The van der Waals surface area contributed by atoms with Crippen LogP contribution in [0.4, 0.5) is 0 Å². The molecule has 0 bridgehead atoms. The smallest absolute Gasteiger partial charge is 0.271 e. The van der Waals surface area contributed by atoms with E-state index in [4.69, 9.17) is 19.5 Å². The van der Waals surface area contributed by atoms with Crippen LogP contribution in [0.2, 0.25) is 0 Å². The highest BCUT2D eigenvalue weighted by atomic mass is 16.5. The van der Waals surface area contributed by atoms with E-state index in [0.29, 0.717) is 28.4 Å². The fourth-order valence-corrected chi connectivity index (χ4v) is 1.99. The third-order valence-electron chi connectivity index (χ3n) is 3.19. The molecular weight excluding hydrogens is 322 g/mol. The Balaban J connectivity index is 2.10. The van der Waals surface area contributed by atoms with Gasteiger partial charge in [0.25, 0.3) is 5.91 Å². The third kappa shape index (κ3) is 4.97. The van der Waals surface area contributed by atoms with Gasteiger partial charge in [0, 0.05) is 17.2 Å². The summed E-state index contributed by atoms with van der Waals surface area (Å²) in [5.41, 5.74) is 3.42. The van der Waals surface area contributed by atoms with Crippen LogP contribution in [-0.4, -0.2) is 32.9 Å². The van der Waals surface area contributed by atoms with Gasteiger partial charge in [-0.1, -0.05) is 12.1 Å². The summed E-state index contributed by atoms with van der Waals surface area (Å²) in [4.78, 5) is 12.2. The average molecular weight is 339 g/mol. The predicted molar refractivity (Wildman–Crippen MR) is 92.2 cm³/mol. The number of benzene rings is 2. The summed E-state index contributed by atoms with van der Waals surface area (Å²) in [7, 11) is 3.01. The van der Waals surface area contributed by atoms with Crippen molar-refractivity contribution in [2.75, 3.05) is 20.8 Å². The molecule has 0 aromatic heterocycles. The van der Waals surface area contributed by atoms with E-state index in [1.807, 2.05) is 6.07 Å². The van der Waals surface area contributed by atoms with Crippen LogP contribution in [0.25, 0.3) is 0 Å². The Hall–Kier alpha value is -3.53. The third-order valence-corrected chi connectivity index (χ3v) is 3.19. The van der Waals surface area contributed by atoms with Crippen LogP contribution in [0, 0.1) is 11.3 Å². The first kappa shape index (κ1) is 17.8. The van der Waals surface area contributed by atoms with Crippen LogP contribution in [0.15, 0.2) is 47.6 Å². The Kier molecular flexibility index (Phi) is 6.37. The zero-order chi connectivity index (χ0) is 18.1. The summed E-state index contributed by atoms with van der Waals surface area (Å²) in [6, 6.07) is 13.8. The Morgan fingerprint density at radius 1 is 1.20 bits per heavy atom. The van der Waals surface area contributed by atoms with Gasteiger partial charge in [-0.15, -0.1) is 0 Å². The van der Waals surface area contributed by atoms with E-state index in [2.05, 4.69) is 10.5 Å². The average Bonchev–Trinajstić information content (AvgIpc) is 2.66. The van der Waals surface area contributed by atoms with E-state index >= 15 is 0 Å². The SMILES string of the molecule is COc1cc(OC)cc(C(=O)N/N=C\c2ccccc2OCC#N)c1. The van der Waals surface area contributed by atoms with E-state index in [0.717, 1.165) is 0 Å². The van der Waals surface area contributed by atoms with Crippen LogP contribution in [0.3, 0.4) is 0 Å². The van der Waals surface area contributed by atoms with Crippen LogP contribution in [0.1, 0.15) is 15.9 Å². The van der Waals surface area contributed by atoms with Gasteiger partial charge in [0.05, 0.1) is 20.4 Å². The maximum atomic E-state index is 12.2. The number of carbonyl (C=O) groups is 1. The van der Waals surface area contributed by atoms with E-state index in [9.17, 15) is 4.79 Å². The lowest BCUT2D eigenvalue weighted by Crippen LogP contribution is -2.17. The van der Waals surface area contributed by atoms with Crippen molar-refractivity contribution in [1.82, 2.24) is 5.43 Å². The van der Waals surface area contributed by atoms with E-state index in [-0.39, 0.29) is 6.61 Å². The molecule has 0 unspecified atom stereocenters. The van der Waals surface area contributed by atoms with Crippen LogP contribution < -0.4 is 19.6 Å². The number of para-hydroxylation sites is 1. The van der Waals surface area contributed by atoms with E-state index < -0.39 is 5.91 Å². The summed E-state index contributed by atoms with van der Waals surface area (Å²) < 4.78 is 15.6. The highest BCUT2D eigenvalue weighted by molar-refractivity contribution is 5.95. The standard InChI is InChI=1S/C18H17N3O4/c1-23-15-9-14(10-16(11-15)24-2)18(22)21-20-12-13-5-3-4-6-17(13)25-8-7-19/h3-6,9-12H,8H2,1-2H3,(H,21,22)/b20-12-. The minimum Gasteiger partial charge on any atom is -0.497 e. The minimum atomic E-state index is -0.413. The lowest BCUT2D eigenvalue weighted by atomic mass is 10.2. The molecule has 0 saturated heterocycles. The number of nitriles is 1. The lowest BCUT2D eigenvalue weighted by Gasteiger charge is -2.07. The number of nitrogens with one attached hydrogen (secondary N) is 1.